The second kappa shape index (κ2) is 7.79. The molecule has 0 unspecified atom stereocenters. The molecule has 0 aliphatic carbocycles. The van der Waals surface area contributed by atoms with E-state index >= 15 is 0 Å². The highest BCUT2D eigenvalue weighted by atomic mass is 79.9. The number of carbonyl (C=O) groups excluding carboxylic acids is 1. The van der Waals surface area contributed by atoms with Crippen LogP contribution in [-0.4, -0.2) is 24.2 Å². The van der Waals surface area contributed by atoms with Crippen LogP contribution >= 0.6 is 38.9 Å². The monoisotopic (exact) mass is 388 g/mol. The summed E-state index contributed by atoms with van der Waals surface area (Å²) in [5.74, 6) is -0.190. The number of benzene rings is 1. The van der Waals surface area contributed by atoms with Crippen molar-refractivity contribution < 1.29 is 9.90 Å². The molecular weight excluding hydrogens is 376 g/mol. The number of halogens is 2. The molecular formula is C14H14BrClN2O2S. The van der Waals surface area contributed by atoms with Gasteiger partial charge in [-0.2, -0.15) is 0 Å². The number of aliphatic hydroxyl groups is 1. The standard InChI is InChI=1S/C14H14BrClN2O2S/c15-12-7-11(21-13(12)16)8-18-10-3-1-9(2-4-10)14(20)17-5-6-19/h1-4,7,18-19H,5-6,8H2,(H,17,20). The summed E-state index contributed by atoms with van der Waals surface area (Å²) in [5, 5.41) is 14.5. The van der Waals surface area contributed by atoms with E-state index in [2.05, 4.69) is 26.6 Å². The van der Waals surface area contributed by atoms with Crippen molar-refractivity contribution in [1.82, 2.24) is 5.32 Å². The number of aliphatic hydroxyl groups excluding tert-OH is 1. The highest BCUT2D eigenvalue weighted by molar-refractivity contribution is 9.10. The number of amides is 1. The zero-order valence-electron chi connectivity index (χ0n) is 11.0. The van der Waals surface area contributed by atoms with Crippen molar-refractivity contribution in [2.45, 2.75) is 6.54 Å². The normalized spacial score (nSPS) is 10.4. The van der Waals surface area contributed by atoms with Gasteiger partial charge in [-0.25, -0.2) is 0 Å². The van der Waals surface area contributed by atoms with E-state index in [9.17, 15) is 4.79 Å². The fourth-order valence-corrected chi connectivity index (χ4v) is 3.41. The van der Waals surface area contributed by atoms with Crippen LogP contribution in [0.4, 0.5) is 5.69 Å². The van der Waals surface area contributed by atoms with Crippen molar-refractivity contribution in [2.24, 2.45) is 0 Å². The first-order valence-electron chi connectivity index (χ1n) is 6.27. The number of anilines is 1. The molecule has 4 nitrogen and oxygen atoms in total. The van der Waals surface area contributed by atoms with Crippen molar-refractivity contribution in [1.29, 1.82) is 0 Å². The Balaban J connectivity index is 1.91. The first-order valence-corrected chi connectivity index (χ1v) is 8.25. The van der Waals surface area contributed by atoms with E-state index in [4.69, 9.17) is 16.7 Å². The SMILES string of the molecule is O=C(NCCO)c1ccc(NCc2cc(Br)c(Cl)s2)cc1. The Morgan fingerprint density at radius 1 is 1.33 bits per heavy atom. The molecule has 1 aromatic heterocycles. The van der Waals surface area contributed by atoms with Gasteiger partial charge in [0.1, 0.15) is 4.34 Å². The molecule has 0 saturated heterocycles. The summed E-state index contributed by atoms with van der Waals surface area (Å²) in [4.78, 5) is 12.8. The molecule has 0 fully saturated rings. The largest absolute Gasteiger partial charge is 0.395 e. The molecule has 1 aromatic carbocycles. The van der Waals surface area contributed by atoms with Crippen LogP contribution < -0.4 is 10.6 Å². The molecule has 2 aromatic rings. The number of hydrogen-bond acceptors (Lipinski definition) is 4. The number of hydrogen-bond donors (Lipinski definition) is 3. The van der Waals surface area contributed by atoms with Gasteiger partial charge >= 0.3 is 0 Å². The van der Waals surface area contributed by atoms with Gasteiger partial charge in [0.15, 0.2) is 0 Å². The van der Waals surface area contributed by atoms with Crippen LogP contribution in [-0.2, 0) is 6.54 Å². The Kier molecular flexibility index (Phi) is 6.05. The Morgan fingerprint density at radius 2 is 2.05 bits per heavy atom. The van der Waals surface area contributed by atoms with Gasteiger partial charge in [0, 0.05) is 33.7 Å². The zero-order valence-corrected chi connectivity index (χ0v) is 14.2. The van der Waals surface area contributed by atoms with Gasteiger partial charge in [-0.1, -0.05) is 11.6 Å². The quantitative estimate of drug-likeness (QED) is 0.708. The van der Waals surface area contributed by atoms with Crippen molar-refractivity contribution in [2.75, 3.05) is 18.5 Å². The lowest BCUT2D eigenvalue weighted by atomic mass is 10.2. The Bertz CT molecular complexity index is 596. The molecule has 0 radical (unpaired) electrons. The maximum absolute atomic E-state index is 11.7. The molecule has 0 saturated carbocycles. The molecule has 0 aliphatic heterocycles. The van der Waals surface area contributed by atoms with Gasteiger partial charge < -0.3 is 15.7 Å². The van der Waals surface area contributed by atoms with Crippen molar-refractivity contribution in [3.63, 3.8) is 0 Å². The molecule has 1 heterocycles. The van der Waals surface area contributed by atoms with Gasteiger partial charge in [-0.3, -0.25) is 4.79 Å². The van der Waals surface area contributed by atoms with E-state index in [-0.39, 0.29) is 19.1 Å². The summed E-state index contributed by atoms with van der Waals surface area (Å²) in [6, 6.07) is 9.16. The van der Waals surface area contributed by atoms with Crippen LogP contribution in [0.5, 0.6) is 0 Å². The predicted octanol–water partition coefficient (Wildman–Crippen LogP) is 3.50. The summed E-state index contributed by atoms with van der Waals surface area (Å²) in [6.07, 6.45) is 0. The molecule has 7 heteroatoms. The fourth-order valence-electron chi connectivity index (χ4n) is 1.68. The highest BCUT2D eigenvalue weighted by Gasteiger charge is 2.06. The Morgan fingerprint density at radius 3 is 2.62 bits per heavy atom. The zero-order chi connectivity index (χ0) is 15.2. The minimum Gasteiger partial charge on any atom is -0.395 e. The second-order valence-corrected chi connectivity index (χ2v) is 6.84. The summed E-state index contributed by atoms with van der Waals surface area (Å²) in [7, 11) is 0. The molecule has 21 heavy (non-hydrogen) atoms. The van der Waals surface area contributed by atoms with Gasteiger partial charge in [0.25, 0.3) is 5.91 Å². The maximum atomic E-state index is 11.7. The minimum absolute atomic E-state index is 0.0652. The highest BCUT2D eigenvalue weighted by Crippen LogP contribution is 2.32. The lowest BCUT2D eigenvalue weighted by Crippen LogP contribution is -2.26. The summed E-state index contributed by atoms with van der Waals surface area (Å²) >= 11 is 10.9. The second-order valence-electron chi connectivity index (χ2n) is 4.24. The lowest BCUT2D eigenvalue weighted by molar-refractivity contribution is 0.0945. The van der Waals surface area contributed by atoms with Crippen LogP contribution in [0.2, 0.25) is 4.34 Å². The summed E-state index contributed by atoms with van der Waals surface area (Å²) < 4.78 is 1.64. The smallest absolute Gasteiger partial charge is 0.251 e. The molecule has 2 rings (SSSR count). The van der Waals surface area contributed by atoms with Crippen LogP contribution in [0.3, 0.4) is 0 Å². The van der Waals surface area contributed by atoms with E-state index in [0.717, 1.165) is 19.4 Å². The van der Waals surface area contributed by atoms with Crippen molar-refractivity contribution >= 4 is 50.5 Å². The predicted molar refractivity (Wildman–Crippen MR) is 90.2 cm³/mol. The van der Waals surface area contributed by atoms with Gasteiger partial charge in [0.2, 0.25) is 0 Å². The van der Waals surface area contributed by atoms with Crippen molar-refractivity contribution in [3.8, 4) is 0 Å². The average molecular weight is 390 g/mol. The lowest BCUT2D eigenvalue weighted by Gasteiger charge is -2.07. The van der Waals surface area contributed by atoms with Crippen molar-refractivity contribution in [3.05, 3.63) is 49.6 Å². The third-order valence-corrected chi connectivity index (χ3v) is 5.18. The van der Waals surface area contributed by atoms with Gasteiger partial charge in [-0.15, -0.1) is 11.3 Å². The summed E-state index contributed by atoms with van der Waals surface area (Å²) in [5.41, 5.74) is 1.49. The number of thiophene rings is 1. The first-order chi connectivity index (χ1) is 10.1. The van der Waals surface area contributed by atoms with E-state index in [1.807, 2.05) is 18.2 Å². The Labute approximate surface area is 140 Å². The average Bonchev–Trinajstić information content (AvgIpc) is 2.82. The topological polar surface area (TPSA) is 61.4 Å². The van der Waals surface area contributed by atoms with E-state index < -0.39 is 0 Å². The van der Waals surface area contributed by atoms with Crippen LogP contribution in [0, 0.1) is 0 Å². The Hall–Kier alpha value is -1.08. The first kappa shape index (κ1) is 16.3. The third-order valence-electron chi connectivity index (χ3n) is 2.71. The molecule has 0 bridgehead atoms. The van der Waals surface area contributed by atoms with Gasteiger partial charge in [-0.05, 0) is 46.3 Å². The molecule has 0 spiro atoms. The number of rotatable bonds is 6. The number of nitrogens with one attached hydrogen (secondary N) is 2. The van der Waals surface area contributed by atoms with Crippen LogP contribution in [0.15, 0.2) is 34.8 Å². The molecule has 112 valence electrons. The van der Waals surface area contributed by atoms with E-state index in [1.54, 1.807) is 12.1 Å². The minimum atomic E-state index is -0.190. The van der Waals surface area contributed by atoms with Gasteiger partial charge in [0.05, 0.1) is 6.61 Å². The third kappa shape index (κ3) is 4.71. The van der Waals surface area contributed by atoms with E-state index in [0.29, 0.717) is 12.1 Å². The maximum Gasteiger partial charge on any atom is 0.251 e. The molecule has 3 N–H and O–H groups in total. The summed E-state index contributed by atoms with van der Waals surface area (Å²) in [6.45, 7) is 0.864. The van der Waals surface area contributed by atoms with Crippen LogP contribution in [0.25, 0.3) is 0 Å². The van der Waals surface area contributed by atoms with Crippen LogP contribution in [0.1, 0.15) is 15.2 Å². The fraction of sp³-hybridized carbons (Fsp3) is 0.214. The molecule has 0 aliphatic rings. The molecule has 1 amide bonds. The number of carbonyl (C=O) groups is 1. The molecule has 0 atom stereocenters. The van der Waals surface area contributed by atoms with E-state index in [1.165, 1.54) is 11.3 Å².